The third kappa shape index (κ3) is 2.60. The van der Waals surface area contributed by atoms with Gasteiger partial charge in [-0.2, -0.15) is 0 Å². The maximum absolute atomic E-state index is 12.5. The second kappa shape index (κ2) is 5.64. The van der Waals surface area contributed by atoms with Gasteiger partial charge in [-0.15, -0.1) is 5.10 Å². The van der Waals surface area contributed by atoms with E-state index in [0.717, 1.165) is 24.4 Å². The quantitative estimate of drug-likeness (QED) is 0.903. The lowest BCUT2D eigenvalue weighted by molar-refractivity contribution is -0.142. The maximum atomic E-state index is 12.5. The molecule has 1 fully saturated rings. The average molecular weight is 283 g/mol. The summed E-state index contributed by atoms with van der Waals surface area (Å²) in [7, 11) is 0. The van der Waals surface area contributed by atoms with Crippen LogP contribution in [0.2, 0.25) is 0 Å². The molecule has 7 heteroatoms. The van der Waals surface area contributed by atoms with Crippen LogP contribution in [0.25, 0.3) is 0 Å². The number of carbonyl (C=O) groups excluding carboxylic acids is 1. The Morgan fingerprint density at radius 1 is 1.53 bits per heavy atom. The smallest absolute Gasteiger partial charge is 0.326 e. The second-order valence-corrected chi connectivity index (χ2v) is 5.60. The number of carboxylic acids is 1. The molecule has 19 heavy (non-hydrogen) atoms. The van der Waals surface area contributed by atoms with Gasteiger partial charge in [-0.05, 0) is 30.3 Å². The molecule has 6 nitrogen and oxygen atoms in total. The van der Waals surface area contributed by atoms with E-state index < -0.39 is 12.0 Å². The topological polar surface area (TPSA) is 83.4 Å². The number of nitrogens with zero attached hydrogens (tertiary/aromatic N) is 3. The van der Waals surface area contributed by atoms with Crippen LogP contribution in [0.4, 0.5) is 0 Å². The minimum atomic E-state index is -0.937. The standard InChI is InChI=1S/C12H17N3O3S/c1-3-4-8-10(19-14-13-8)11(16)15-6-5-7(2)9(15)12(17)18/h7,9H,3-6H2,1-2H3,(H,17,18). The van der Waals surface area contributed by atoms with Crippen molar-refractivity contribution in [1.29, 1.82) is 0 Å². The molecule has 1 aliphatic heterocycles. The van der Waals surface area contributed by atoms with Crippen LogP contribution in [0.15, 0.2) is 0 Å². The van der Waals surface area contributed by atoms with Gasteiger partial charge in [0, 0.05) is 6.54 Å². The molecule has 0 saturated carbocycles. The molecule has 2 rings (SSSR count). The molecule has 1 amide bonds. The van der Waals surface area contributed by atoms with Crippen LogP contribution in [-0.2, 0) is 11.2 Å². The summed E-state index contributed by atoms with van der Waals surface area (Å²) < 4.78 is 3.82. The molecular weight excluding hydrogens is 266 g/mol. The number of aromatic nitrogens is 2. The number of aliphatic carboxylic acids is 1. The Morgan fingerprint density at radius 2 is 2.26 bits per heavy atom. The maximum Gasteiger partial charge on any atom is 0.326 e. The Hall–Kier alpha value is -1.50. The highest BCUT2D eigenvalue weighted by molar-refractivity contribution is 7.08. The van der Waals surface area contributed by atoms with Gasteiger partial charge in [-0.1, -0.05) is 24.8 Å². The minimum Gasteiger partial charge on any atom is -0.480 e. The molecule has 1 aromatic heterocycles. The molecule has 1 N–H and O–H groups in total. The summed E-state index contributed by atoms with van der Waals surface area (Å²) in [6.07, 6.45) is 2.29. The first kappa shape index (κ1) is 13.9. The Morgan fingerprint density at radius 3 is 2.89 bits per heavy atom. The van der Waals surface area contributed by atoms with Crippen molar-refractivity contribution in [3.05, 3.63) is 10.6 Å². The summed E-state index contributed by atoms with van der Waals surface area (Å²) >= 11 is 1.05. The van der Waals surface area contributed by atoms with Crippen molar-refractivity contribution in [2.75, 3.05) is 6.54 Å². The van der Waals surface area contributed by atoms with Crippen molar-refractivity contribution in [3.8, 4) is 0 Å². The van der Waals surface area contributed by atoms with Gasteiger partial charge in [0.2, 0.25) is 0 Å². The molecule has 104 valence electrons. The van der Waals surface area contributed by atoms with Gasteiger partial charge in [0.05, 0.1) is 5.69 Å². The lowest BCUT2D eigenvalue weighted by Gasteiger charge is -2.22. The van der Waals surface area contributed by atoms with E-state index in [0.29, 0.717) is 23.5 Å². The Labute approximate surface area is 115 Å². The fourth-order valence-corrected chi connectivity index (χ4v) is 3.12. The molecule has 1 aromatic rings. The van der Waals surface area contributed by atoms with Crippen LogP contribution in [0.5, 0.6) is 0 Å². The van der Waals surface area contributed by atoms with Crippen molar-refractivity contribution in [2.45, 2.75) is 39.2 Å². The first-order chi connectivity index (χ1) is 9.06. The van der Waals surface area contributed by atoms with E-state index in [4.69, 9.17) is 0 Å². The average Bonchev–Trinajstić information content (AvgIpc) is 2.95. The number of amides is 1. The van der Waals surface area contributed by atoms with Crippen LogP contribution in [0.1, 0.15) is 42.1 Å². The predicted molar refractivity (Wildman–Crippen MR) is 70.1 cm³/mol. The van der Waals surface area contributed by atoms with Crippen LogP contribution in [0.3, 0.4) is 0 Å². The first-order valence-corrected chi connectivity index (χ1v) is 7.18. The summed E-state index contributed by atoms with van der Waals surface area (Å²) in [5.74, 6) is -1.19. The molecule has 2 heterocycles. The molecule has 2 atom stereocenters. The van der Waals surface area contributed by atoms with E-state index in [1.165, 1.54) is 4.90 Å². The summed E-state index contributed by atoms with van der Waals surface area (Å²) in [6, 6.07) is -0.732. The highest BCUT2D eigenvalue weighted by Crippen LogP contribution is 2.27. The third-order valence-electron chi connectivity index (χ3n) is 3.45. The van der Waals surface area contributed by atoms with Crippen molar-refractivity contribution >= 4 is 23.4 Å². The third-order valence-corrected chi connectivity index (χ3v) is 4.21. The number of carboxylic acid groups (broad SMARTS) is 1. The van der Waals surface area contributed by atoms with E-state index in [9.17, 15) is 14.7 Å². The molecule has 0 radical (unpaired) electrons. The summed E-state index contributed by atoms with van der Waals surface area (Å²) in [5, 5.41) is 13.2. The van der Waals surface area contributed by atoms with Crippen LogP contribution < -0.4 is 0 Å². The SMILES string of the molecule is CCCc1nnsc1C(=O)N1CCC(C)C1C(=O)O. The highest BCUT2D eigenvalue weighted by Gasteiger charge is 2.40. The molecule has 0 aliphatic carbocycles. The summed E-state index contributed by atoms with van der Waals surface area (Å²) in [6.45, 7) is 4.36. The summed E-state index contributed by atoms with van der Waals surface area (Å²) in [5.41, 5.74) is 0.682. The van der Waals surface area contributed by atoms with Gasteiger partial charge in [0.15, 0.2) is 0 Å². The zero-order valence-electron chi connectivity index (χ0n) is 11.0. The van der Waals surface area contributed by atoms with Gasteiger partial charge in [0.1, 0.15) is 10.9 Å². The fraction of sp³-hybridized carbons (Fsp3) is 0.667. The van der Waals surface area contributed by atoms with E-state index in [1.54, 1.807) is 0 Å². The number of likely N-dealkylation sites (tertiary alicyclic amines) is 1. The van der Waals surface area contributed by atoms with E-state index in [2.05, 4.69) is 9.59 Å². The van der Waals surface area contributed by atoms with Crippen molar-refractivity contribution in [1.82, 2.24) is 14.5 Å². The van der Waals surface area contributed by atoms with E-state index in [1.807, 2.05) is 13.8 Å². The Bertz CT molecular complexity index is 488. The lowest BCUT2D eigenvalue weighted by Crippen LogP contribution is -2.42. The highest BCUT2D eigenvalue weighted by atomic mass is 32.1. The van der Waals surface area contributed by atoms with Gasteiger partial charge >= 0.3 is 5.97 Å². The second-order valence-electron chi connectivity index (χ2n) is 4.85. The number of aryl methyl sites for hydroxylation is 1. The molecule has 0 bridgehead atoms. The number of hydrogen-bond acceptors (Lipinski definition) is 5. The van der Waals surface area contributed by atoms with Gasteiger partial charge in [-0.3, -0.25) is 4.79 Å². The normalized spacial score (nSPS) is 22.7. The van der Waals surface area contributed by atoms with Crippen molar-refractivity contribution in [3.63, 3.8) is 0 Å². The molecule has 0 spiro atoms. The van der Waals surface area contributed by atoms with Crippen LogP contribution >= 0.6 is 11.5 Å². The predicted octanol–water partition coefficient (Wildman–Crippen LogP) is 1.43. The monoisotopic (exact) mass is 283 g/mol. The molecule has 0 aromatic carbocycles. The van der Waals surface area contributed by atoms with E-state index in [-0.39, 0.29) is 11.8 Å². The number of carbonyl (C=O) groups is 2. The fourth-order valence-electron chi connectivity index (χ4n) is 2.45. The number of rotatable bonds is 4. The zero-order valence-corrected chi connectivity index (χ0v) is 11.8. The van der Waals surface area contributed by atoms with Gasteiger partial charge in [-0.25, -0.2) is 4.79 Å². The first-order valence-electron chi connectivity index (χ1n) is 6.41. The molecule has 1 aliphatic rings. The zero-order chi connectivity index (χ0) is 14.0. The summed E-state index contributed by atoms with van der Waals surface area (Å²) in [4.78, 5) is 25.7. The largest absolute Gasteiger partial charge is 0.480 e. The lowest BCUT2D eigenvalue weighted by atomic mass is 10.0. The van der Waals surface area contributed by atoms with Gasteiger partial charge < -0.3 is 10.0 Å². The molecular formula is C12H17N3O3S. The van der Waals surface area contributed by atoms with Crippen LogP contribution in [0, 0.1) is 5.92 Å². The molecule has 2 unspecified atom stereocenters. The minimum absolute atomic E-state index is 0.0167. The Kier molecular flexibility index (Phi) is 4.14. The molecule has 1 saturated heterocycles. The van der Waals surface area contributed by atoms with Crippen molar-refractivity contribution in [2.24, 2.45) is 5.92 Å². The van der Waals surface area contributed by atoms with Gasteiger partial charge in [0.25, 0.3) is 5.91 Å². The Balaban J connectivity index is 2.23. The van der Waals surface area contributed by atoms with Crippen LogP contribution in [-0.4, -0.2) is 44.1 Å². The van der Waals surface area contributed by atoms with E-state index >= 15 is 0 Å². The van der Waals surface area contributed by atoms with Crippen molar-refractivity contribution < 1.29 is 14.7 Å². The number of hydrogen-bond donors (Lipinski definition) is 1.